The first kappa shape index (κ1) is 15.7. The zero-order valence-corrected chi connectivity index (χ0v) is 11.4. The first-order chi connectivity index (χ1) is 9.17. The van der Waals surface area contributed by atoms with Crippen LogP contribution in [-0.4, -0.2) is 32.8 Å². The summed E-state index contributed by atoms with van der Waals surface area (Å²) in [5, 5.41) is 3.47. The Kier molecular flexibility index (Phi) is 7.14. The average molecular weight is 284 g/mol. The van der Waals surface area contributed by atoms with Gasteiger partial charge in [0.2, 0.25) is 0 Å². The van der Waals surface area contributed by atoms with Crippen LogP contribution in [0.3, 0.4) is 0 Å². The van der Waals surface area contributed by atoms with E-state index in [9.17, 15) is 9.50 Å². The molecule has 0 saturated carbocycles. The zero-order chi connectivity index (χ0) is 14.1. The van der Waals surface area contributed by atoms with Crippen LogP contribution in [0.1, 0.15) is 12.5 Å². The molecule has 7 heteroatoms. The molecule has 0 heterocycles. The van der Waals surface area contributed by atoms with Crippen LogP contribution in [0.5, 0.6) is 5.75 Å². The Balaban J connectivity index is 2.64. The molecule has 0 aliphatic rings. The number of hydrogen-bond donors (Lipinski definition) is 1. The molecule has 0 spiro atoms. The Morgan fingerprint density at radius 1 is 1.47 bits per heavy atom. The van der Waals surface area contributed by atoms with Gasteiger partial charge in [-0.25, -0.2) is 0 Å². The molecule has 0 radical (unpaired) electrons. The van der Waals surface area contributed by atoms with E-state index < -0.39 is 5.97 Å². The van der Waals surface area contributed by atoms with Crippen LogP contribution in [0.25, 0.3) is 0 Å². The summed E-state index contributed by atoms with van der Waals surface area (Å²) in [7, 11) is 0.768. The summed E-state index contributed by atoms with van der Waals surface area (Å²) in [4.78, 5) is 11.2. The van der Waals surface area contributed by atoms with Gasteiger partial charge in [0.05, 0.1) is 0 Å². The third-order valence-electron chi connectivity index (χ3n) is 2.22. The van der Waals surface area contributed by atoms with Crippen molar-refractivity contribution in [2.24, 2.45) is 0 Å². The second-order valence-corrected chi connectivity index (χ2v) is 4.08. The summed E-state index contributed by atoms with van der Waals surface area (Å²) in [6.45, 7) is 2.32. The Hall–Kier alpha value is -1.40. The number of rotatable bonds is 8. The van der Waals surface area contributed by atoms with Gasteiger partial charge in [-0.2, -0.15) is 0 Å². The average Bonchev–Trinajstić information content (AvgIpc) is 2.38. The van der Waals surface area contributed by atoms with Crippen molar-refractivity contribution in [3.05, 3.63) is 28.8 Å². The van der Waals surface area contributed by atoms with E-state index in [1.54, 1.807) is 25.1 Å². The first-order valence-electron chi connectivity index (χ1n) is 5.88. The van der Waals surface area contributed by atoms with Gasteiger partial charge in [0, 0.05) is 0 Å². The van der Waals surface area contributed by atoms with E-state index in [2.05, 4.69) is 5.32 Å². The number of esters is 1. The number of hydrogen-bond acceptors (Lipinski definition) is 5. The van der Waals surface area contributed by atoms with E-state index >= 15 is 0 Å². The van der Waals surface area contributed by atoms with Gasteiger partial charge in [-0.3, -0.25) is 0 Å². The van der Waals surface area contributed by atoms with Gasteiger partial charge in [-0.1, -0.05) is 0 Å². The van der Waals surface area contributed by atoms with Crippen molar-refractivity contribution in [1.29, 1.82) is 0 Å². The van der Waals surface area contributed by atoms with E-state index in [0.29, 0.717) is 23.9 Å². The van der Waals surface area contributed by atoms with Gasteiger partial charge in [-0.05, 0) is 0 Å². The van der Waals surface area contributed by atoms with Crippen molar-refractivity contribution in [2.45, 2.75) is 13.5 Å². The van der Waals surface area contributed by atoms with Crippen LogP contribution in [0.15, 0.2) is 18.2 Å². The van der Waals surface area contributed by atoms with Crippen molar-refractivity contribution in [1.82, 2.24) is 5.32 Å². The van der Waals surface area contributed by atoms with Crippen LogP contribution in [0, 0.1) is 0 Å². The molecule has 0 aromatic heterocycles. The number of nitrogens with one attached hydrogen (secondary N) is 1. The number of carbonyl (C=O) groups excluding carboxylic acids is 1. The van der Waals surface area contributed by atoms with E-state index in [4.69, 9.17) is 21.1 Å². The number of benzene rings is 1. The topological polar surface area (TPSA) is 64.6 Å². The quantitative estimate of drug-likeness (QED) is 0.443. The Morgan fingerprint density at radius 2 is 2.26 bits per heavy atom. The molecule has 0 aliphatic carbocycles. The molecule has 1 N–H and O–H groups in total. The predicted molar refractivity (Wildman–Crippen MR) is 71.7 cm³/mol. The standard InChI is InChI=1S/C12H15BClNO4/c1-2-18-12(16)7-19-11-4-3-10(14)5-9(11)6-15-8-13-17/h3-5,15H,2,6-8H2,1H3. The molecule has 1 rings (SSSR count). The van der Waals surface area contributed by atoms with Gasteiger partial charge >= 0.3 is 117 Å². The molecule has 0 fully saturated rings. The second-order valence-electron chi connectivity index (χ2n) is 3.64. The summed E-state index contributed by atoms with van der Waals surface area (Å²) >= 11 is 5.90. The zero-order valence-electron chi connectivity index (χ0n) is 10.6. The maximum atomic E-state index is 11.2. The predicted octanol–water partition coefficient (Wildman–Crippen LogP) is 1.38. The van der Waals surface area contributed by atoms with E-state index in [1.807, 2.05) is 0 Å². The third-order valence-corrected chi connectivity index (χ3v) is 2.45. The molecule has 0 aliphatic heterocycles. The summed E-state index contributed by atoms with van der Waals surface area (Å²) in [6.07, 6.45) is 0.240. The molecule has 0 unspecified atom stereocenters. The summed E-state index contributed by atoms with van der Waals surface area (Å²) in [5.74, 6) is 0.111. The van der Waals surface area contributed by atoms with Crippen molar-refractivity contribution in [2.75, 3.05) is 19.7 Å². The maximum absolute atomic E-state index is 11.2. The Bertz CT molecular complexity index is 442. The van der Waals surface area contributed by atoms with E-state index in [1.165, 1.54) is 0 Å². The molecule has 0 amide bonds. The Morgan fingerprint density at radius 3 is 2.95 bits per heavy atom. The van der Waals surface area contributed by atoms with Gasteiger partial charge in [0.1, 0.15) is 0 Å². The fourth-order valence-electron chi connectivity index (χ4n) is 1.43. The third kappa shape index (κ3) is 5.85. The van der Waals surface area contributed by atoms with Crippen molar-refractivity contribution >= 4 is 24.7 Å². The molecule has 1 aromatic rings. The van der Waals surface area contributed by atoms with E-state index in [0.717, 1.165) is 12.7 Å². The fourth-order valence-corrected chi connectivity index (χ4v) is 1.63. The molecule has 5 nitrogen and oxygen atoms in total. The first-order valence-corrected chi connectivity index (χ1v) is 6.26. The molecular weight excluding hydrogens is 268 g/mol. The van der Waals surface area contributed by atoms with E-state index in [-0.39, 0.29) is 13.1 Å². The van der Waals surface area contributed by atoms with Crippen LogP contribution in [-0.2, 0) is 20.8 Å². The molecule has 0 saturated heterocycles. The summed E-state index contributed by atoms with van der Waals surface area (Å²) < 4.78 is 20.4. The summed E-state index contributed by atoms with van der Waals surface area (Å²) in [5.41, 5.74) is 0.777. The monoisotopic (exact) mass is 283 g/mol. The van der Waals surface area contributed by atoms with Gasteiger partial charge in [0.15, 0.2) is 0 Å². The number of carbonyl (C=O) groups is 1. The molecule has 19 heavy (non-hydrogen) atoms. The SMILES string of the molecule is CCOC(=O)COc1ccc(Cl)cc1CNCB=O. The van der Waals surface area contributed by atoms with Crippen molar-refractivity contribution < 1.29 is 19.0 Å². The van der Waals surface area contributed by atoms with Crippen molar-refractivity contribution in [3.8, 4) is 5.75 Å². The van der Waals surface area contributed by atoms with Crippen LogP contribution >= 0.6 is 11.6 Å². The van der Waals surface area contributed by atoms with Crippen LogP contribution in [0.4, 0.5) is 0 Å². The Labute approximate surface area is 117 Å². The molecule has 102 valence electrons. The van der Waals surface area contributed by atoms with Crippen LogP contribution < -0.4 is 10.1 Å². The number of ether oxygens (including phenoxy) is 2. The minimum absolute atomic E-state index is 0.157. The van der Waals surface area contributed by atoms with Gasteiger partial charge < -0.3 is 0 Å². The molecular formula is C12H15BClNO4. The van der Waals surface area contributed by atoms with Gasteiger partial charge in [0.25, 0.3) is 0 Å². The van der Waals surface area contributed by atoms with Crippen molar-refractivity contribution in [3.63, 3.8) is 0 Å². The summed E-state index contributed by atoms with van der Waals surface area (Å²) in [6, 6.07) is 5.07. The molecule has 0 atom stereocenters. The second kappa shape index (κ2) is 8.66. The molecule has 1 aromatic carbocycles. The van der Waals surface area contributed by atoms with Gasteiger partial charge in [-0.15, -0.1) is 0 Å². The van der Waals surface area contributed by atoms with Crippen LogP contribution in [0.2, 0.25) is 5.02 Å². The normalized spacial score (nSPS) is 9.79. The fraction of sp³-hybridized carbons (Fsp3) is 0.417. The minimum atomic E-state index is -0.427. The number of halogens is 1. The molecule has 0 bridgehead atoms.